The second kappa shape index (κ2) is 6.45. The van der Waals surface area contributed by atoms with E-state index < -0.39 is 5.97 Å². The molecule has 24 heavy (non-hydrogen) atoms. The predicted octanol–water partition coefficient (Wildman–Crippen LogP) is 1.70. The van der Waals surface area contributed by atoms with E-state index in [0.29, 0.717) is 22.9 Å². The molecule has 0 radical (unpaired) electrons. The molecule has 0 saturated heterocycles. The van der Waals surface area contributed by atoms with Gasteiger partial charge in [-0.25, -0.2) is 4.98 Å². The third-order valence-corrected chi connectivity index (χ3v) is 3.51. The van der Waals surface area contributed by atoms with Crippen molar-refractivity contribution in [2.75, 3.05) is 26.1 Å². The summed E-state index contributed by atoms with van der Waals surface area (Å²) < 4.78 is 11.6. The van der Waals surface area contributed by atoms with Crippen LogP contribution < -0.4 is 10.1 Å². The number of benzene rings is 1. The lowest BCUT2D eigenvalue weighted by Crippen LogP contribution is -2.16. The van der Waals surface area contributed by atoms with Gasteiger partial charge in [0, 0.05) is 18.0 Å². The Morgan fingerprint density at radius 2 is 2.21 bits per heavy atom. The average molecular weight is 328 g/mol. The zero-order valence-electron chi connectivity index (χ0n) is 13.2. The molecule has 3 aromatic rings. The molecule has 3 rings (SSSR count). The quantitative estimate of drug-likeness (QED) is 0.688. The normalized spacial score (nSPS) is 10.6. The van der Waals surface area contributed by atoms with Crippen molar-refractivity contribution in [2.24, 2.45) is 0 Å². The molecule has 2 N–H and O–H groups in total. The molecule has 0 aliphatic rings. The van der Waals surface area contributed by atoms with Crippen LogP contribution >= 0.6 is 0 Å². The number of hydrogen-bond acceptors (Lipinski definition) is 7. The fraction of sp³-hybridized carbons (Fsp3) is 0.188. The standard InChI is InChI=1S/C16H16N4O4/c1-23-12-7-10(3-4-11(12)21)15-16(18-9-14(22)24-2)20-6-5-17-8-13(20)19-15/h3-8,18,21H,9H2,1-2H3. The number of ether oxygens (including phenoxy) is 2. The summed E-state index contributed by atoms with van der Waals surface area (Å²) in [7, 11) is 2.80. The van der Waals surface area contributed by atoms with Crippen LogP contribution in [-0.4, -0.2) is 46.2 Å². The molecule has 8 nitrogen and oxygen atoms in total. The Labute approximate surface area is 137 Å². The lowest BCUT2D eigenvalue weighted by molar-refractivity contribution is -0.138. The molecule has 8 heteroatoms. The number of imidazole rings is 1. The molecule has 0 amide bonds. The number of hydrogen-bond donors (Lipinski definition) is 2. The Bertz CT molecular complexity index is 891. The zero-order chi connectivity index (χ0) is 17.1. The van der Waals surface area contributed by atoms with Crippen molar-refractivity contribution in [3.8, 4) is 22.8 Å². The Kier molecular flexibility index (Phi) is 4.19. The van der Waals surface area contributed by atoms with E-state index >= 15 is 0 Å². The number of methoxy groups -OCH3 is 2. The minimum atomic E-state index is -0.395. The molecule has 0 aliphatic heterocycles. The first-order valence-corrected chi connectivity index (χ1v) is 7.14. The van der Waals surface area contributed by atoms with Crippen LogP contribution in [0.25, 0.3) is 16.9 Å². The van der Waals surface area contributed by atoms with E-state index in [1.54, 1.807) is 35.1 Å². The Balaban J connectivity index is 2.11. The highest BCUT2D eigenvalue weighted by Crippen LogP contribution is 2.34. The molecule has 2 aromatic heterocycles. The smallest absolute Gasteiger partial charge is 0.325 e. The Morgan fingerprint density at radius 3 is 2.96 bits per heavy atom. The summed E-state index contributed by atoms with van der Waals surface area (Å²) in [6.45, 7) is -0.00512. The summed E-state index contributed by atoms with van der Waals surface area (Å²) >= 11 is 0. The number of fused-ring (bicyclic) bond motifs is 1. The van der Waals surface area contributed by atoms with Crippen LogP contribution in [0.2, 0.25) is 0 Å². The summed E-state index contributed by atoms with van der Waals surface area (Å²) in [6, 6.07) is 4.92. The van der Waals surface area contributed by atoms with E-state index in [9.17, 15) is 9.90 Å². The second-order valence-corrected chi connectivity index (χ2v) is 4.93. The van der Waals surface area contributed by atoms with Crippen LogP contribution in [-0.2, 0) is 9.53 Å². The molecule has 0 aliphatic carbocycles. The molecule has 2 heterocycles. The second-order valence-electron chi connectivity index (χ2n) is 4.93. The molecule has 0 bridgehead atoms. The molecular weight excluding hydrogens is 312 g/mol. The summed E-state index contributed by atoms with van der Waals surface area (Å²) in [6.07, 6.45) is 4.98. The maximum atomic E-state index is 11.5. The Morgan fingerprint density at radius 1 is 1.38 bits per heavy atom. The van der Waals surface area contributed by atoms with Gasteiger partial charge in [0.15, 0.2) is 17.1 Å². The number of phenols is 1. The zero-order valence-corrected chi connectivity index (χ0v) is 13.2. The van der Waals surface area contributed by atoms with Gasteiger partial charge < -0.3 is 19.9 Å². The minimum absolute atomic E-state index is 0.00512. The lowest BCUT2D eigenvalue weighted by Gasteiger charge is -2.09. The van der Waals surface area contributed by atoms with Gasteiger partial charge in [-0.2, -0.15) is 0 Å². The minimum Gasteiger partial charge on any atom is -0.504 e. The fourth-order valence-corrected chi connectivity index (χ4v) is 2.33. The summed E-state index contributed by atoms with van der Waals surface area (Å²) in [5.41, 5.74) is 1.94. The molecule has 0 fully saturated rings. The third-order valence-electron chi connectivity index (χ3n) is 3.51. The molecule has 124 valence electrons. The average Bonchev–Trinajstić information content (AvgIpc) is 2.98. The maximum absolute atomic E-state index is 11.5. The summed E-state index contributed by atoms with van der Waals surface area (Å²) in [4.78, 5) is 20.0. The van der Waals surface area contributed by atoms with Gasteiger partial charge in [-0.15, -0.1) is 0 Å². The molecular formula is C16H16N4O4. The number of nitrogens with one attached hydrogen (secondary N) is 1. The highest BCUT2D eigenvalue weighted by atomic mass is 16.5. The van der Waals surface area contributed by atoms with Crippen molar-refractivity contribution >= 4 is 17.4 Å². The molecule has 0 atom stereocenters. The van der Waals surface area contributed by atoms with Crippen LogP contribution in [0.4, 0.5) is 5.82 Å². The molecule has 0 saturated carbocycles. The largest absolute Gasteiger partial charge is 0.504 e. The van der Waals surface area contributed by atoms with Gasteiger partial charge in [-0.05, 0) is 18.2 Å². The highest BCUT2D eigenvalue weighted by Gasteiger charge is 2.16. The SMILES string of the molecule is COC(=O)CNc1c(-c2ccc(O)c(OC)c2)nc2cnccn12. The maximum Gasteiger partial charge on any atom is 0.325 e. The Hall–Kier alpha value is -3.29. The van der Waals surface area contributed by atoms with E-state index in [-0.39, 0.29) is 12.3 Å². The lowest BCUT2D eigenvalue weighted by atomic mass is 10.1. The summed E-state index contributed by atoms with van der Waals surface area (Å²) in [5.74, 6) is 0.594. The van der Waals surface area contributed by atoms with Gasteiger partial charge in [0.2, 0.25) is 0 Å². The molecule has 0 spiro atoms. The number of aromatic hydroxyl groups is 1. The van der Waals surface area contributed by atoms with E-state index in [1.165, 1.54) is 20.3 Å². The predicted molar refractivity (Wildman–Crippen MR) is 87.1 cm³/mol. The van der Waals surface area contributed by atoms with Crippen LogP contribution in [0.5, 0.6) is 11.5 Å². The van der Waals surface area contributed by atoms with Gasteiger partial charge in [0.1, 0.15) is 18.1 Å². The molecule has 1 aromatic carbocycles. The summed E-state index contributed by atoms with van der Waals surface area (Å²) in [5, 5.41) is 12.8. The fourth-order valence-electron chi connectivity index (χ4n) is 2.33. The van der Waals surface area contributed by atoms with Crippen LogP contribution in [0, 0.1) is 0 Å². The van der Waals surface area contributed by atoms with Crippen LogP contribution in [0.3, 0.4) is 0 Å². The van der Waals surface area contributed by atoms with Gasteiger partial charge in [-0.3, -0.25) is 14.2 Å². The van der Waals surface area contributed by atoms with Crippen molar-refractivity contribution in [1.29, 1.82) is 0 Å². The number of carbonyl (C=O) groups is 1. The molecule has 0 unspecified atom stereocenters. The van der Waals surface area contributed by atoms with Crippen LogP contribution in [0.15, 0.2) is 36.8 Å². The first-order valence-electron chi connectivity index (χ1n) is 7.14. The van der Waals surface area contributed by atoms with Crippen LogP contribution in [0.1, 0.15) is 0 Å². The number of phenolic OH excluding ortho intramolecular Hbond substituents is 1. The number of nitrogens with zero attached hydrogens (tertiary/aromatic N) is 3. The van der Waals surface area contributed by atoms with Crippen molar-refractivity contribution in [1.82, 2.24) is 14.4 Å². The number of esters is 1. The topological polar surface area (TPSA) is 98.0 Å². The van der Waals surface area contributed by atoms with Gasteiger partial charge in [0.25, 0.3) is 0 Å². The van der Waals surface area contributed by atoms with Crippen molar-refractivity contribution in [3.05, 3.63) is 36.8 Å². The van der Waals surface area contributed by atoms with Crippen molar-refractivity contribution < 1.29 is 19.4 Å². The highest BCUT2D eigenvalue weighted by molar-refractivity contribution is 5.81. The number of anilines is 1. The van der Waals surface area contributed by atoms with E-state index in [4.69, 9.17) is 4.74 Å². The third kappa shape index (κ3) is 2.81. The van der Waals surface area contributed by atoms with E-state index in [0.717, 1.165) is 5.56 Å². The first-order chi connectivity index (χ1) is 11.6. The van der Waals surface area contributed by atoms with E-state index in [2.05, 4.69) is 20.0 Å². The van der Waals surface area contributed by atoms with Crippen molar-refractivity contribution in [3.63, 3.8) is 0 Å². The van der Waals surface area contributed by atoms with Crippen molar-refractivity contribution in [2.45, 2.75) is 0 Å². The van der Waals surface area contributed by atoms with Gasteiger partial charge in [-0.1, -0.05) is 0 Å². The van der Waals surface area contributed by atoms with E-state index in [1.807, 2.05) is 0 Å². The van der Waals surface area contributed by atoms with Gasteiger partial charge >= 0.3 is 5.97 Å². The monoisotopic (exact) mass is 328 g/mol. The first kappa shape index (κ1) is 15.6. The number of aromatic nitrogens is 3. The number of rotatable bonds is 5. The number of carbonyl (C=O) groups excluding carboxylic acids is 1. The van der Waals surface area contributed by atoms with Gasteiger partial charge in [0.05, 0.1) is 20.4 Å².